The van der Waals surface area contributed by atoms with E-state index in [2.05, 4.69) is 0 Å². The van der Waals surface area contributed by atoms with E-state index in [-0.39, 0.29) is 5.78 Å². The fourth-order valence-corrected chi connectivity index (χ4v) is 0.912. The molecule has 3 nitrogen and oxygen atoms in total. The van der Waals surface area contributed by atoms with Gasteiger partial charge in [0, 0.05) is 0 Å². The summed E-state index contributed by atoms with van der Waals surface area (Å²) in [7, 11) is 3.75. The van der Waals surface area contributed by atoms with Gasteiger partial charge in [-0.25, -0.2) is 0 Å². The molecule has 0 spiro atoms. The first-order chi connectivity index (χ1) is 5.96. The highest BCUT2D eigenvalue weighted by atomic mass is 16.3. The van der Waals surface area contributed by atoms with E-state index in [1.807, 2.05) is 32.8 Å². The van der Waals surface area contributed by atoms with Crippen LogP contribution in [0.2, 0.25) is 0 Å². The molecular formula is C10H15NO2. The Bertz CT molecular complexity index is 286. The van der Waals surface area contributed by atoms with E-state index < -0.39 is 5.54 Å². The number of furan rings is 1. The first-order valence-corrected chi connectivity index (χ1v) is 4.22. The zero-order valence-electron chi connectivity index (χ0n) is 8.50. The van der Waals surface area contributed by atoms with Crippen LogP contribution in [0.3, 0.4) is 0 Å². The molecule has 0 radical (unpaired) electrons. The molecule has 72 valence electrons. The van der Waals surface area contributed by atoms with Gasteiger partial charge in [-0.15, -0.1) is 0 Å². The quantitative estimate of drug-likeness (QED) is 0.667. The third-order valence-corrected chi connectivity index (χ3v) is 2.42. The van der Waals surface area contributed by atoms with Crippen molar-refractivity contribution in [3.63, 3.8) is 0 Å². The number of carbonyl (C=O) groups excluding carboxylic acids is 1. The monoisotopic (exact) mass is 181 g/mol. The molecule has 0 atom stereocenters. The van der Waals surface area contributed by atoms with E-state index in [1.54, 1.807) is 12.1 Å². The topological polar surface area (TPSA) is 33.5 Å². The van der Waals surface area contributed by atoms with Gasteiger partial charge in [0.2, 0.25) is 5.78 Å². The lowest BCUT2D eigenvalue weighted by Gasteiger charge is -2.29. The van der Waals surface area contributed by atoms with Crippen LogP contribution in [-0.2, 0) is 0 Å². The van der Waals surface area contributed by atoms with Gasteiger partial charge in [-0.1, -0.05) is 0 Å². The van der Waals surface area contributed by atoms with Gasteiger partial charge in [0.15, 0.2) is 5.76 Å². The average molecular weight is 181 g/mol. The van der Waals surface area contributed by atoms with Gasteiger partial charge < -0.3 is 4.42 Å². The second kappa shape index (κ2) is 3.34. The van der Waals surface area contributed by atoms with Crippen molar-refractivity contribution in [3.8, 4) is 0 Å². The lowest BCUT2D eigenvalue weighted by molar-refractivity contribution is 0.0725. The molecule has 13 heavy (non-hydrogen) atoms. The van der Waals surface area contributed by atoms with Crippen LogP contribution < -0.4 is 0 Å². The number of hydrogen-bond donors (Lipinski definition) is 0. The summed E-state index contributed by atoms with van der Waals surface area (Å²) in [4.78, 5) is 13.7. The van der Waals surface area contributed by atoms with E-state index in [4.69, 9.17) is 4.42 Å². The van der Waals surface area contributed by atoms with Crippen LogP contribution in [0.15, 0.2) is 22.8 Å². The predicted octanol–water partition coefficient (Wildman–Crippen LogP) is 1.80. The van der Waals surface area contributed by atoms with Crippen molar-refractivity contribution in [2.75, 3.05) is 14.1 Å². The molecule has 0 bridgehead atoms. The summed E-state index contributed by atoms with van der Waals surface area (Å²) < 4.78 is 5.06. The molecule has 0 unspecified atom stereocenters. The van der Waals surface area contributed by atoms with Crippen LogP contribution >= 0.6 is 0 Å². The number of nitrogens with zero attached hydrogens (tertiary/aromatic N) is 1. The van der Waals surface area contributed by atoms with Crippen molar-refractivity contribution < 1.29 is 9.21 Å². The molecule has 0 aliphatic rings. The maximum Gasteiger partial charge on any atom is 0.217 e. The third kappa shape index (κ3) is 1.80. The minimum absolute atomic E-state index is 0.00231. The fourth-order valence-electron chi connectivity index (χ4n) is 0.912. The minimum Gasteiger partial charge on any atom is -0.461 e. The number of hydrogen-bond acceptors (Lipinski definition) is 3. The summed E-state index contributed by atoms with van der Waals surface area (Å²) in [6.45, 7) is 3.75. The van der Waals surface area contributed by atoms with Gasteiger partial charge in [0.1, 0.15) is 0 Å². The van der Waals surface area contributed by atoms with Gasteiger partial charge >= 0.3 is 0 Å². The van der Waals surface area contributed by atoms with Crippen LogP contribution in [0.25, 0.3) is 0 Å². The Hall–Kier alpha value is -1.09. The maximum atomic E-state index is 11.8. The largest absolute Gasteiger partial charge is 0.461 e. The molecule has 1 heterocycles. The lowest BCUT2D eigenvalue weighted by atomic mass is 9.96. The summed E-state index contributed by atoms with van der Waals surface area (Å²) in [6.07, 6.45) is 1.51. The molecule has 0 saturated carbocycles. The maximum absolute atomic E-state index is 11.8. The Kier molecular flexibility index (Phi) is 2.57. The Labute approximate surface area is 78.3 Å². The molecule has 1 aromatic heterocycles. The summed E-state index contributed by atoms with van der Waals surface area (Å²) in [6, 6.07) is 3.41. The van der Waals surface area contributed by atoms with Crippen LogP contribution in [0.4, 0.5) is 0 Å². The Morgan fingerprint density at radius 2 is 2.08 bits per heavy atom. The molecular weight excluding hydrogens is 166 g/mol. The summed E-state index contributed by atoms with van der Waals surface area (Å²) in [5.74, 6) is 0.418. The second-order valence-corrected chi connectivity index (χ2v) is 3.76. The average Bonchev–Trinajstić information content (AvgIpc) is 2.54. The van der Waals surface area contributed by atoms with Gasteiger partial charge in [-0.2, -0.15) is 0 Å². The van der Waals surface area contributed by atoms with Crippen LogP contribution in [0.5, 0.6) is 0 Å². The smallest absolute Gasteiger partial charge is 0.217 e. The van der Waals surface area contributed by atoms with Crippen molar-refractivity contribution in [1.29, 1.82) is 0 Å². The standard InChI is InChI=1S/C10H15NO2/c1-10(2,11(3)4)9(12)8-6-5-7-13-8/h5-7H,1-4H3. The van der Waals surface area contributed by atoms with Crippen molar-refractivity contribution in [2.24, 2.45) is 0 Å². The van der Waals surface area contributed by atoms with Gasteiger partial charge in [-0.3, -0.25) is 9.69 Å². The van der Waals surface area contributed by atoms with Crippen molar-refractivity contribution >= 4 is 5.78 Å². The zero-order valence-corrected chi connectivity index (χ0v) is 8.50. The molecule has 0 aromatic carbocycles. The van der Waals surface area contributed by atoms with Crippen LogP contribution in [0.1, 0.15) is 24.4 Å². The molecule has 0 N–H and O–H groups in total. The van der Waals surface area contributed by atoms with Gasteiger partial charge in [0.05, 0.1) is 11.8 Å². The van der Waals surface area contributed by atoms with E-state index in [0.717, 1.165) is 0 Å². The van der Waals surface area contributed by atoms with Crippen LogP contribution in [-0.4, -0.2) is 30.3 Å². The number of Topliss-reactive ketones (excluding diaryl/α,β-unsaturated/α-hetero) is 1. The number of likely N-dealkylation sites (N-methyl/N-ethyl adjacent to an activating group) is 1. The van der Waals surface area contributed by atoms with E-state index in [1.165, 1.54) is 6.26 Å². The van der Waals surface area contributed by atoms with Crippen LogP contribution in [0, 0.1) is 0 Å². The SMILES string of the molecule is CN(C)C(C)(C)C(=O)c1ccco1. The number of rotatable bonds is 3. The predicted molar refractivity (Wildman–Crippen MR) is 50.8 cm³/mol. The zero-order chi connectivity index (χ0) is 10.1. The molecule has 0 saturated heterocycles. The number of ketones is 1. The highest BCUT2D eigenvalue weighted by molar-refractivity contribution is 6.00. The van der Waals surface area contributed by atoms with E-state index in [0.29, 0.717) is 5.76 Å². The lowest BCUT2D eigenvalue weighted by Crippen LogP contribution is -2.45. The molecule has 1 rings (SSSR count). The highest BCUT2D eigenvalue weighted by Crippen LogP contribution is 2.17. The molecule has 1 aromatic rings. The summed E-state index contributed by atoms with van der Waals surface area (Å²) >= 11 is 0. The third-order valence-electron chi connectivity index (χ3n) is 2.42. The van der Waals surface area contributed by atoms with Crippen molar-refractivity contribution in [1.82, 2.24) is 4.90 Å². The molecule has 0 aliphatic carbocycles. The van der Waals surface area contributed by atoms with Crippen molar-refractivity contribution in [3.05, 3.63) is 24.2 Å². The first kappa shape index (κ1) is 9.99. The van der Waals surface area contributed by atoms with E-state index >= 15 is 0 Å². The Morgan fingerprint density at radius 3 is 2.46 bits per heavy atom. The molecule has 3 heteroatoms. The summed E-state index contributed by atoms with van der Waals surface area (Å²) in [5.41, 5.74) is -0.516. The summed E-state index contributed by atoms with van der Waals surface area (Å²) in [5, 5.41) is 0. The highest BCUT2D eigenvalue weighted by Gasteiger charge is 2.32. The van der Waals surface area contributed by atoms with Gasteiger partial charge in [-0.05, 0) is 40.1 Å². The normalized spacial score (nSPS) is 12.1. The van der Waals surface area contributed by atoms with Gasteiger partial charge in [0.25, 0.3) is 0 Å². The number of carbonyl (C=O) groups is 1. The minimum atomic E-state index is -0.516. The van der Waals surface area contributed by atoms with Crippen molar-refractivity contribution in [2.45, 2.75) is 19.4 Å². The fraction of sp³-hybridized carbons (Fsp3) is 0.500. The second-order valence-electron chi connectivity index (χ2n) is 3.76. The van der Waals surface area contributed by atoms with E-state index in [9.17, 15) is 4.79 Å². The Morgan fingerprint density at radius 1 is 1.46 bits per heavy atom. The molecule has 0 aliphatic heterocycles. The Balaban J connectivity index is 2.91. The molecule has 0 fully saturated rings. The molecule has 0 amide bonds. The first-order valence-electron chi connectivity index (χ1n) is 4.22.